The number of carbonyl (C=O) groups excluding carboxylic acids is 1. The van der Waals surface area contributed by atoms with E-state index in [4.69, 9.17) is 27.9 Å². The van der Waals surface area contributed by atoms with E-state index in [0.717, 1.165) is 6.42 Å². The van der Waals surface area contributed by atoms with Gasteiger partial charge in [0.05, 0.1) is 4.90 Å². The van der Waals surface area contributed by atoms with E-state index in [0.29, 0.717) is 39.0 Å². The van der Waals surface area contributed by atoms with Crippen LogP contribution in [0.4, 0.5) is 0 Å². The average molecular weight is 461 g/mol. The summed E-state index contributed by atoms with van der Waals surface area (Å²) in [6.07, 6.45) is 4.43. The van der Waals surface area contributed by atoms with Crippen LogP contribution in [0.15, 0.2) is 35.7 Å². The van der Waals surface area contributed by atoms with Gasteiger partial charge in [-0.3, -0.25) is 4.79 Å². The lowest BCUT2D eigenvalue weighted by molar-refractivity contribution is -0.135. The molecule has 3 rings (SSSR count). The van der Waals surface area contributed by atoms with Crippen molar-refractivity contribution in [1.29, 1.82) is 0 Å². The van der Waals surface area contributed by atoms with Gasteiger partial charge in [-0.05, 0) is 43.9 Å². The molecule has 2 heterocycles. The standard InChI is InChI=1S/C20H26Cl2N2O4S/c1-3-14-13-23(8-5-9-28-2)20(25)19-7-4-6-18(14)24(19)29(26,27)17-11-15(21)10-16(22)12-17/h3,10-12,14,18-19H,1,4-9,13H2,2H3/t14-,18-,19+/m1/s1. The molecule has 1 aromatic rings. The molecule has 3 atom stereocenters. The summed E-state index contributed by atoms with van der Waals surface area (Å²) in [5, 5.41) is 0.479. The van der Waals surface area contributed by atoms with Gasteiger partial charge in [0.1, 0.15) is 6.04 Å². The van der Waals surface area contributed by atoms with Crippen LogP contribution in [0.1, 0.15) is 25.7 Å². The smallest absolute Gasteiger partial charge is 0.244 e. The second kappa shape index (κ2) is 9.35. The largest absolute Gasteiger partial charge is 0.385 e. The molecule has 9 heteroatoms. The fourth-order valence-electron chi connectivity index (χ4n) is 4.30. The number of piperidine rings is 1. The van der Waals surface area contributed by atoms with Crippen LogP contribution >= 0.6 is 23.2 Å². The third kappa shape index (κ3) is 4.64. The Morgan fingerprint density at radius 2 is 1.93 bits per heavy atom. The molecule has 2 aliphatic rings. The minimum atomic E-state index is -3.97. The number of hydrogen-bond acceptors (Lipinski definition) is 4. The average Bonchev–Trinajstić information content (AvgIpc) is 2.74. The molecule has 160 valence electrons. The highest BCUT2D eigenvalue weighted by molar-refractivity contribution is 7.89. The first-order chi connectivity index (χ1) is 13.8. The third-order valence-electron chi connectivity index (χ3n) is 5.62. The molecule has 2 aliphatic heterocycles. The van der Waals surface area contributed by atoms with Gasteiger partial charge in [0.15, 0.2) is 0 Å². The SMILES string of the molecule is C=C[C@@H]1CN(CCCOC)C(=O)[C@@H]2CCC[C@H]1N2S(=O)(=O)c1cc(Cl)cc(Cl)c1. The molecule has 0 aromatic heterocycles. The van der Waals surface area contributed by atoms with Crippen molar-refractivity contribution < 1.29 is 17.9 Å². The van der Waals surface area contributed by atoms with Crippen LogP contribution in [0.25, 0.3) is 0 Å². The summed E-state index contributed by atoms with van der Waals surface area (Å²) in [4.78, 5) is 15.1. The first-order valence-electron chi connectivity index (χ1n) is 9.69. The summed E-state index contributed by atoms with van der Waals surface area (Å²) in [5.74, 6) is -0.317. The van der Waals surface area contributed by atoms with Crippen molar-refractivity contribution in [3.05, 3.63) is 40.9 Å². The first kappa shape index (κ1) is 22.6. The fourth-order valence-corrected chi connectivity index (χ4v) is 6.90. The molecule has 1 aromatic carbocycles. The zero-order chi connectivity index (χ0) is 21.2. The van der Waals surface area contributed by atoms with Crippen LogP contribution in [-0.4, -0.2) is 62.4 Å². The molecule has 0 radical (unpaired) electrons. The summed E-state index contributed by atoms with van der Waals surface area (Å²) >= 11 is 12.1. The molecule has 29 heavy (non-hydrogen) atoms. The lowest BCUT2D eigenvalue weighted by atomic mass is 9.90. The third-order valence-corrected chi connectivity index (χ3v) is 7.97. The van der Waals surface area contributed by atoms with Gasteiger partial charge in [-0.1, -0.05) is 29.3 Å². The quantitative estimate of drug-likeness (QED) is 0.460. The molecule has 2 saturated heterocycles. The summed E-state index contributed by atoms with van der Waals surface area (Å²) in [6.45, 7) is 5.44. The van der Waals surface area contributed by atoms with E-state index in [9.17, 15) is 13.2 Å². The maximum atomic E-state index is 13.6. The number of ether oxygens (including phenoxy) is 1. The first-order valence-corrected chi connectivity index (χ1v) is 11.9. The van der Waals surface area contributed by atoms with Crippen LogP contribution in [0.3, 0.4) is 0 Å². The highest BCUT2D eigenvalue weighted by atomic mass is 35.5. The Bertz CT molecular complexity index is 857. The number of sulfonamides is 1. The summed E-state index contributed by atoms with van der Waals surface area (Å²) in [5.41, 5.74) is 0. The predicted octanol–water partition coefficient (Wildman–Crippen LogP) is 3.59. The van der Waals surface area contributed by atoms with Crippen molar-refractivity contribution in [1.82, 2.24) is 9.21 Å². The molecule has 1 amide bonds. The molecule has 0 N–H and O–H groups in total. The molecule has 2 fully saturated rings. The number of benzene rings is 1. The van der Waals surface area contributed by atoms with Crippen LogP contribution in [0, 0.1) is 5.92 Å². The lowest BCUT2D eigenvalue weighted by Gasteiger charge is -2.40. The maximum Gasteiger partial charge on any atom is 0.244 e. The van der Waals surface area contributed by atoms with Crippen molar-refractivity contribution >= 4 is 39.1 Å². The Hall–Kier alpha value is -1.12. The van der Waals surface area contributed by atoms with Gasteiger partial charge >= 0.3 is 0 Å². The summed E-state index contributed by atoms with van der Waals surface area (Å²) in [6, 6.07) is 3.19. The predicted molar refractivity (Wildman–Crippen MR) is 114 cm³/mol. The van der Waals surface area contributed by atoms with Crippen molar-refractivity contribution in [3.63, 3.8) is 0 Å². The van der Waals surface area contributed by atoms with E-state index in [-0.39, 0.29) is 32.8 Å². The van der Waals surface area contributed by atoms with Crippen molar-refractivity contribution in [2.45, 2.75) is 42.7 Å². The van der Waals surface area contributed by atoms with Crippen molar-refractivity contribution in [2.24, 2.45) is 5.92 Å². The summed E-state index contributed by atoms with van der Waals surface area (Å²) in [7, 11) is -2.35. The van der Waals surface area contributed by atoms with Gasteiger partial charge < -0.3 is 9.64 Å². The molecule has 0 spiro atoms. The highest BCUT2D eigenvalue weighted by Gasteiger charge is 2.49. The molecule has 0 saturated carbocycles. The topological polar surface area (TPSA) is 66.9 Å². The molecular weight excluding hydrogens is 435 g/mol. The maximum absolute atomic E-state index is 13.6. The van der Waals surface area contributed by atoms with Gasteiger partial charge in [-0.2, -0.15) is 4.31 Å². The van der Waals surface area contributed by atoms with Crippen molar-refractivity contribution in [3.8, 4) is 0 Å². The molecule has 6 nitrogen and oxygen atoms in total. The van der Waals surface area contributed by atoms with E-state index in [2.05, 4.69) is 6.58 Å². The Balaban J connectivity index is 2.03. The van der Waals surface area contributed by atoms with Crippen molar-refractivity contribution in [2.75, 3.05) is 26.8 Å². The van der Waals surface area contributed by atoms with Gasteiger partial charge in [0, 0.05) is 48.8 Å². The minimum absolute atomic E-state index is 0.00958. The number of amides is 1. The second-order valence-corrected chi connectivity index (χ2v) is 10.2. The van der Waals surface area contributed by atoms with Gasteiger partial charge in [0.25, 0.3) is 0 Å². The fraction of sp³-hybridized carbons (Fsp3) is 0.550. The monoisotopic (exact) mass is 460 g/mol. The number of fused-ring (bicyclic) bond motifs is 2. The van der Waals surface area contributed by atoms with E-state index in [1.54, 1.807) is 18.1 Å². The molecule has 0 unspecified atom stereocenters. The van der Waals surface area contributed by atoms with E-state index >= 15 is 0 Å². The number of halogens is 2. The Kier molecular flexibility index (Phi) is 7.27. The van der Waals surface area contributed by atoms with Gasteiger partial charge in [-0.15, -0.1) is 6.58 Å². The number of nitrogens with zero attached hydrogens (tertiary/aromatic N) is 2. The van der Waals surface area contributed by atoms with Crippen LogP contribution in [0.5, 0.6) is 0 Å². The Labute approximate surface area is 182 Å². The number of hydrogen-bond donors (Lipinski definition) is 0. The van der Waals surface area contributed by atoms with Crippen LogP contribution in [0.2, 0.25) is 10.0 Å². The molecule has 2 bridgehead atoms. The Morgan fingerprint density at radius 3 is 2.55 bits per heavy atom. The number of carbonyl (C=O) groups is 1. The Morgan fingerprint density at radius 1 is 1.24 bits per heavy atom. The van der Waals surface area contributed by atoms with E-state index in [1.807, 2.05) is 0 Å². The minimum Gasteiger partial charge on any atom is -0.385 e. The van der Waals surface area contributed by atoms with Crippen LogP contribution in [-0.2, 0) is 19.6 Å². The second-order valence-electron chi connectivity index (χ2n) is 7.48. The van der Waals surface area contributed by atoms with Crippen LogP contribution < -0.4 is 0 Å². The van der Waals surface area contributed by atoms with Gasteiger partial charge in [-0.25, -0.2) is 8.42 Å². The molecule has 0 aliphatic carbocycles. The number of rotatable bonds is 7. The normalized spacial score (nSPS) is 25.7. The zero-order valence-corrected chi connectivity index (χ0v) is 18.7. The molecular formula is C20H26Cl2N2O4S. The van der Waals surface area contributed by atoms with E-state index in [1.165, 1.54) is 22.5 Å². The van der Waals surface area contributed by atoms with E-state index < -0.39 is 16.1 Å². The highest BCUT2D eigenvalue weighted by Crippen LogP contribution is 2.38. The summed E-state index contributed by atoms with van der Waals surface area (Å²) < 4.78 is 33.7. The lowest BCUT2D eigenvalue weighted by Crippen LogP contribution is -2.54. The van der Waals surface area contributed by atoms with Gasteiger partial charge in [0.2, 0.25) is 15.9 Å². The zero-order valence-electron chi connectivity index (χ0n) is 16.4. The number of methoxy groups -OCH3 is 1.